The molecule has 2 N–H and O–H groups in total. The minimum atomic E-state index is -0.513. The van der Waals surface area contributed by atoms with Crippen LogP contribution in [0, 0.1) is 5.92 Å². The van der Waals surface area contributed by atoms with E-state index in [1.807, 2.05) is 0 Å². The first-order chi connectivity index (χ1) is 9.46. The second-order valence-corrected chi connectivity index (χ2v) is 7.04. The molecule has 2 rings (SSSR count). The van der Waals surface area contributed by atoms with Gasteiger partial charge in [0.15, 0.2) is 0 Å². The van der Waals surface area contributed by atoms with Crippen molar-refractivity contribution in [1.29, 1.82) is 0 Å². The fourth-order valence-electron chi connectivity index (χ4n) is 2.94. The Hall–Kier alpha value is -0.580. The van der Waals surface area contributed by atoms with E-state index in [2.05, 4.69) is 28.2 Å². The van der Waals surface area contributed by atoms with E-state index < -0.39 is 5.54 Å². The van der Waals surface area contributed by atoms with Crippen LogP contribution in [0.25, 0.3) is 0 Å². The average Bonchev–Trinajstić information content (AvgIpc) is 2.41. The van der Waals surface area contributed by atoms with E-state index in [9.17, 15) is 9.90 Å². The van der Waals surface area contributed by atoms with Crippen LogP contribution in [0.15, 0.2) is 22.7 Å². The fourth-order valence-corrected chi connectivity index (χ4v) is 3.50. The number of hydrogen-bond acceptors (Lipinski definition) is 2. The predicted molar refractivity (Wildman–Crippen MR) is 84.1 cm³/mol. The molecular formula is C15H19BrClNO2. The van der Waals surface area contributed by atoms with Gasteiger partial charge in [-0.2, -0.15) is 0 Å². The van der Waals surface area contributed by atoms with Crippen molar-refractivity contribution in [2.45, 2.75) is 38.1 Å². The van der Waals surface area contributed by atoms with Crippen LogP contribution in [-0.4, -0.2) is 23.2 Å². The molecule has 0 aromatic heterocycles. The maximum Gasteiger partial charge on any atom is 0.253 e. The van der Waals surface area contributed by atoms with Crippen LogP contribution in [0.2, 0.25) is 5.02 Å². The van der Waals surface area contributed by atoms with E-state index in [4.69, 9.17) is 11.6 Å². The van der Waals surface area contributed by atoms with Crippen LogP contribution >= 0.6 is 27.5 Å². The standard InChI is InChI=1S/C15H19BrClNO2/c1-10-3-2-6-15(8-10,9-19)18-14(20)12-7-11(16)4-5-13(12)17/h4-5,7,10,19H,2-3,6,8-9H2,1H3,(H,18,20). The molecule has 0 spiro atoms. The van der Waals surface area contributed by atoms with Gasteiger partial charge in [0.2, 0.25) is 0 Å². The van der Waals surface area contributed by atoms with Gasteiger partial charge in [0, 0.05) is 4.47 Å². The Kier molecular flexibility index (Phi) is 5.10. The smallest absolute Gasteiger partial charge is 0.253 e. The zero-order valence-corrected chi connectivity index (χ0v) is 13.8. The summed E-state index contributed by atoms with van der Waals surface area (Å²) in [5.74, 6) is 0.286. The van der Waals surface area contributed by atoms with Crippen LogP contribution < -0.4 is 5.32 Å². The summed E-state index contributed by atoms with van der Waals surface area (Å²) < 4.78 is 0.808. The largest absolute Gasteiger partial charge is 0.394 e. The highest BCUT2D eigenvalue weighted by atomic mass is 79.9. The molecule has 2 atom stereocenters. The summed E-state index contributed by atoms with van der Waals surface area (Å²) in [5, 5.41) is 13.1. The van der Waals surface area contributed by atoms with Crippen LogP contribution in [-0.2, 0) is 0 Å². The molecule has 1 aromatic carbocycles. The van der Waals surface area contributed by atoms with Gasteiger partial charge in [-0.15, -0.1) is 0 Å². The number of benzene rings is 1. The normalized spacial score (nSPS) is 26.3. The highest BCUT2D eigenvalue weighted by Gasteiger charge is 2.36. The highest BCUT2D eigenvalue weighted by molar-refractivity contribution is 9.10. The summed E-state index contributed by atoms with van der Waals surface area (Å²) in [5.41, 5.74) is -0.0764. The molecule has 0 aliphatic heterocycles. The van der Waals surface area contributed by atoms with Crippen molar-refractivity contribution < 1.29 is 9.90 Å². The SMILES string of the molecule is CC1CCCC(CO)(NC(=O)c2cc(Br)ccc2Cl)C1. The molecule has 110 valence electrons. The van der Waals surface area contributed by atoms with Gasteiger partial charge in [0.1, 0.15) is 0 Å². The molecule has 0 radical (unpaired) electrons. The van der Waals surface area contributed by atoms with Gasteiger partial charge >= 0.3 is 0 Å². The van der Waals surface area contributed by atoms with Crippen molar-refractivity contribution >= 4 is 33.4 Å². The van der Waals surface area contributed by atoms with E-state index >= 15 is 0 Å². The van der Waals surface area contributed by atoms with Crippen LogP contribution in [0.4, 0.5) is 0 Å². The second-order valence-electron chi connectivity index (χ2n) is 5.72. The van der Waals surface area contributed by atoms with Gasteiger partial charge < -0.3 is 10.4 Å². The Morgan fingerprint density at radius 3 is 3.00 bits per heavy atom. The fraction of sp³-hybridized carbons (Fsp3) is 0.533. The van der Waals surface area contributed by atoms with Crippen molar-refractivity contribution in [3.05, 3.63) is 33.3 Å². The van der Waals surface area contributed by atoms with E-state index in [0.29, 0.717) is 16.5 Å². The van der Waals surface area contributed by atoms with Gasteiger partial charge in [0.25, 0.3) is 5.91 Å². The summed E-state index contributed by atoms with van der Waals surface area (Å²) in [6.07, 6.45) is 3.79. The molecule has 1 aliphatic rings. The van der Waals surface area contributed by atoms with Crippen molar-refractivity contribution in [2.75, 3.05) is 6.61 Å². The second kappa shape index (κ2) is 6.46. The van der Waals surface area contributed by atoms with Crippen LogP contribution in [0.3, 0.4) is 0 Å². The third-order valence-electron chi connectivity index (χ3n) is 3.95. The number of carbonyl (C=O) groups excluding carboxylic acids is 1. The van der Waals surface area contributed by atoms with Crippen LogP contribution in [0.5, 0.6) is 0 Å². The van der Waals surface area contributed by atoms with Gasteiger partial charge in [0.05, 0.1) is 22.7 Å². The molecule has 1 fully saturated rings. The maximum absolute atomic E-state index is 12.4. The minimum Gasteiger partial charge on any atom is -0.394 e. The van der Waals surface area contributed by atoms with Crippen molar-refractivity contribution in [2.24, 2.45) is 5.92 Å². The summed E-state index contributed by atoms with van der Waals surface area (Å²) in [7, 11) is 0. The first-order valence-electron chi connectivity index (χ1n) is 6.84. The van der Waals surface area contributed by atoms with E-state index in [1.165, 1.54) is 0 Å². The zero-order chi connectivity index (χ0) is 14.8. The Bertz CT molecular complexity index is 509. The summed E-state index contributed by atoms with van der Waals surface area (Å²) in [6.45, 7) is 2.12. The molecule has 0 heterocycles. The zero-order valence-electron chi connectivity index (χ0n) is 11.5. The molecule has 1 saturated carbocycles. The minimum absolute atomic E-state index is 0.0330. The van der Waals surface area contributed by atoms with Crippen LogP contribution in [0.1, 0.15) is 43.0 Å². The van der Waals surface area contributed by atoms with Gasteiger partial charge in [-0.05, 0) is 37.0 Å². The lowest BCUT2D eigenvalue weighted by atomic mass is 9.76. The molecule has 1 amide bonds. The lowest BCUT2D eigenvalue weighted by Gasteiger charge is -2.39. The molecule has 20 heavy (non-hydrogen) atoms. The number of nitrogens with one attached hydrogen (secondary N) is 1. The number of hydrogen-bond donors (Lipinski definition) is 2. The summed E-state index contributed by atoms with van der Waals surface area (Å²) in [6, 6.07) is 5.19. The molecule has 3 nitrogen and oxygen atoms in total. The molecule has 0 saturated heterocycles. The molecular weight excluding hydrogens is 342 g/mol. The molecule has 1 aromatic rings. The summed E-state index contributed by atoms with van der Waals surface area (Å²) >= 11 is 9.42. The Morgan fingerprint density at radius 2 is 2.35 bits per heavy atom. The first kappa shape index (κ1) is 15.8. The molecule has 0 bridgehead atoms. The first-order valence-corrected chi connectivity index (χ1v) is 8.01. The Labute approximate surface area is 132 Å². The lowest BCUT2D eigenvalue weighted by molar-refractivity contribution is 0.0697. The van der Waals surface area contributed by atoms with Gasteiger partial charge in [-0.1, -0.05) is 47.3 Å². The number of carbonyl (C=O) groups is 1. The van der Waals surface area contributed by atoms with E-state index in [-0.39, 0.29) is 12.5 Å². The van der Waals surface area contributed by atoms with Gasteiger partial charge in [-0.25, -0.2) is 0 Å². The number of aliphatic hydroxyl groups is 1. The van der Waals surface area contributed by atoms with Gasteiger partial charge in [-0.3, -0.25) is 4.79 Å². The quantitative estimate of drug-likeness (QED) is 0.862. The lowest BCUT2D eigenvalue weighted by Crippen LogP contribution is -2.53. The Morgan fingerprint density at radius 1 is 1.60 bits per heavy atom. The number of amides is 1. The third-order valence-corrected chi connectivity index (χ3v) is 4.77. The van der Waals surface area contributed by atoms with Crippen molar-refractivity contribution in [1.82, 2.24) is 5.32 Å². The number of aliphatic hydroxyl groups excluding tert-OH is 1. The molecule has 2 unspecified atom stereocenters. The molecule has 1 aliphatic carbocycles. The monoisotopic (exact) mass is 359 g/mol. The average molecular weight is 361 g/mol. The van der Waals surface area contributed by atoms with E-state index in [0.717, 1.165) is 30.2 Å². The molecule has 5 heteroatoms. The predicted octanol–water partition coefficient (Wildman–Crippen LogP) is 3.77. The maximum atomic E-state index is 12.4. The topological polar surface area (TPSA) is 49.3 Å². The number of rotatable bonds is 3. The van der Waals surface area contributed by atoms with Crippen molar-refractivity contribution in [3.8, 4) is 0 Å². The van der Waals surface area contributed by atoms with Crippen molar-refractivity contribution in [3.63, 3.8) is 0 Å². The van der Waals surface area contributed by atoms with E-state index in [1.54, 1.807) is 18.2 Å². The summed E-state index contributed by atoms with van der Waals surface area (Å²) in [4.78, 5) is 12.4. The highest BCUT2D eigenvalue weighted by Crippen LogP contribution is 2.32. The Balaban J connectivity index is 2.19. The third kappa shape index (κ3) is 3.54. The number of halogens is 2.